The molecular weight excluding hydrogens is 126 g/mol. The molecule has 0 aromatic heterocycles. The van der Waals surface area contributed by atoms with Gasteiger partial charge in [0, 0.05) is 6.54 Å². The number of hydrogen-bond donors (Lipinski definition) is 0. The number of ether oxygens (including phenoxy) is 1. The van der Waals surface area contributed by atoms with Crippen LogP contribution >= 0.6 is 0 Å². The van der Waals surface area contributed by atoms with E-state index in [2.05, 4.69) is 12.2 Å². The minimum atomic E-state index is 0.784. The average Bonchev–Trinajstić information content (AvgIpc) is 2.03. The summed E-state index contributed by atoms with van der Waals surface area (Å²) in [5.41, 5.74) is 0. The minimum absolute atomic E-state index is 0.784. The van der Waals surface area contributed by atoms with E-state index in [1.54, 1.807) is 0 Å². The minimum Gasteiger partial charge on any atom is -0.617 e. The van der Waals surface area contributed by atoms with Crippen LogP contribution in [0.15, 0.2) is 0 Å². The van der Waals surface area contributed by atoms with Crippen molar-refractivity contribution in [1.82, 2.24) is 0 Å². The van der Waals surface area contributed by atoms with E-state index in [1.165, 1.54) is 0 Å². The summed E-state index contributed by atoms with van der Waals surface area (Å²) in [5.74, 6) is 0. The van der Waals surface area contributed by atoms with Gasteiger partial charge in [-0.3, -0.25) is 0 Å². The van der Waals surface area contributed by atoms with Gasteiger partial charge >= 0.3 is 0 Å². The SMILES string of the molecule is [CH2]CCC[C+]1C[N-]CCO1. The Morgan fingerprint density at radius 3 is 3.10 bits per heavy atom. The summed E-state index contributed by atoms with van der Waals surface area (Å²) in [7, 11) is 0. The van der Waals surface area contributed by atoms with Crippen molar-refractivity contribution in [1.29, 1.82) is 0 Å². The molecule has 1 fully saturated rings. The first-order chi connectivity index (χ1) is 4.93. The Kier molecular flexibility index (Phi) is 3.62. The van der Waals surface area contributed by atoms with E-state index < -0.39 is 0 Å². The van der Waals surface area contributed by atoms with Crippen LogP contribution < -0.4 is 0 Å². The second-order valence-electron chi connectivity index (χ2n) is 2.45. The van der Waals surface area contributed by atoms with Crippen LogP contribution in [0.4, 0.5) is 0 Å². The maximum atomic E-state index is 5.38. The zero-order valence-electron chi connectivity index (χ0n) is 6.31. The topological polar surface area (TPSA) is 23.3 Å². The lowest BCUT2D eigenvalue weighted by atomic mass is 10.1. The van der Waals surface area contributed by atoms with E-state index in [-0.39, 0.29) is 0 Å². The van der Waals surface area contributed by atoms with E-state index in [4.69, 9.17) is 4.74 Å². The van der Waals surface area contributed by atoms with Gasteiger partial charge in [0.25, 0.3) is 0 Å². The van der Waals surface area contributed by atoms with Gasteiger partial charge < -0.3 is 5.32 Å². The van der Waals surface area contributed by atoms with Crippen LogP contribution in [0.2, 0.25) is 0 Å². The van der Waals surface area contributed by atoms with Crippen molar-refractivity contribution in [3.63, 3.8) is 0 Å². The molecule has 57 valence electrons. The Bertz CT molecular complexity index is 79.3. The van der Waals surface area contributed by atoms with Crippen LogP contribution in [-0.2, 0) is 4.74 Å². The monoisotopic (exact) mass is 140 g/mol. The van der Waals surface area contributed by atoms with Crippen molar-refractivity contribution in [2.75, 3.05) is 19.7 Å². The molecule has 0 unspecified atom stereocenters. The number of nitrogens with zero attached hydrogens (tertiary/aromatic N) is 1. The Morgan fingerprint density at radius 1 is 1.60 bits per heavy atom. The van der Waals surface area contributed by atoms with Gasteiger partial charge in [0.1, 0.15) is 6.42 Å². The maximum absolute atomic E-state index is 5.38. The summed E-state index contributed by atoms with van der Waals surface area (Å²) in [5, 5.41) is 4.23. The van der Waals surface area contributed by atoms with Crippen molar-refractivity contribution in [2.24, 2.45) is 0 Å². The molecule has 1 radical (unpaired) electrons. The zero-order chi connectivity index (χ0) is 7.23. The molecule has 2 nitrogen and oxygen atoms in total. The molecule has 0 N–H and O–H groups in total. The first-order valence-electron chi connectivity index (χ1n) is 3.83. The fraction of sp³-hybridized carbons (Fsp3) is 0.750. The highest BCUT2D eigenvalue weighted by Gasteiger charge is 2.18. The van der Waals surface area contributed by atoms with Crippen LogP contribution in [-0.4, -0.2) is 19.7 Å². The third-order valence-electron chi connectivity index (χ3n) is 1.55. The molecule has 0 amide bonds. The van der Waals surface area contributed by atoms with E-state index in [1.807, 2.05) is 0 Å². The van der Waals surface area contributed by atoms with Gasteiger partial charge in [-0.05, 0) is 12.8 Å². The van der Waals surface area contributed by atoms with Gasteiger partial charge in [-0.15, -0.1) is 6.54 Å². The van der Waals surface area contributed by atoms with Gasteiger partial charge in [-0.1, -0.05) is 6.92 Å². The molecule has 1 aliphatic heterocycles. The number of rotatable bonds is 3. The average molecular weight is 140 g/mol. The highest BCUT2D eigenvalue weighted by Crippen LogP contribution is 2.18. The number of unbranched alkanes of at least 4 members (excludes halogenated alkanes) is 1. The molecule has 1 aliphatic rings. The van der Waals surface area contributed by atoms with Gasteiger partial charge in [0.2, 0.25) is 6.10 Å². The largest absolute Gasteiger partial charge is 0.617 e. The van der Waals surface area contributed by atoms with Crippen LogP contribution in [0, 0.1) is 13.0 Å². The summed E-state index contributed by atoms with van der Waals surface area (Å²) in [6.45, 7) is 6.24. The fourth-order valence-electron chi connectivity index (χ4n) is 0.977. The quantitative estimate of drug-likeness (QED) is 0.549. The molecule has 0 spiro atoms. The molecule has 1 heterocycles. The number of hydrogen-bond acceptors (Lipinski definition) is 1. The van der Waals surface area contributed by atoms with Crippen molar-refractivity contribution >= 4 is 0 Å². The van der Waals surface area contributed by atoms with Crippen molar-refractivity contribution < 1.29 is 4.74 Å². The van der Waals surface area contributed by atoms with Crippen molar-refractivity contribution in [3.05, 3.63) is 18.3 Å². The van der Waals surface area contributed by atoms with Crippen molar-refractivity contribution in [2.45, 2.75) is 19.3 Å². The van der Waals surface area contributed by atoms with E-state index in [9.17, 15) is 0 Å². The summed E-state index contributed by atoms with van der Waals surface area (Å²) in [4.78, 5) is 0. The normalized spacial score (nSPS) is 19.5. The Hall–Kier alpha value is -0.210. The number of morpholine rings is 1. The molecule has 10 heavy (non-hydrogen) atoms. The molecule has 0 aliphatic carbocycles. The Balaban J connectivity index is 2.02. The van der Waals surface area contributed by atoms with Gasteiger partial charge in [-0.25, -0.2) is 0 Å². The molecule has 1 rings (SSSR count). The van der Waals surface area contributed by atoms with Gasteiger partial charge in [0.05, 0.1) is 6.61 Å². The molecule has 0 saturated carbocycles. The lowest BCUT2D eigenvalue weighted by Crippen LogP contribution is -2.17. The highest BCUT2D eigenvalue weighted by molar-refractivity contribution is 4.98. The fourth-order valence-corrected chi connectivity index (χ4v) is 0.977. The lowest BCUT2D eigenvalue weighted by molar-refractivity contribution is 0.132. The second-order valence-corrected chi connectivity index (χ2v) is 2.45. The van der Waals surface area contributed by atoms with E-state index >= 15 is 0 Å². The zero-order valence-corrected chi connectivity index (χ0v) is 6.31. The molecular formula is C8H14NO. The maximum Gasteiger partial charge on any atom is 0.220 e. The molecule has 0 atom stereocenters. The lowest BCUT2D eigenvalue weighted by Gasteiger charge is -2.22. The molecule has 2 heteroatoms. The third-order valence-corrected chi connectivity index (χ3v) is 1.55. The van der Waals surface area contributed by atoms with Crippen LogP contribution in [0.25, 0.3) is 5.32 Å². The highest BCUT2D eigenvalue weighted by atomic mass is 16.5. The molecule has 0 bridgehead atoms. The third kappa shape index (κ3) is 2.58. The second kappa shape index (κ2) is 4.58. The Morgan fingerprint density at radius 2 is 2.50 bits per heavy atom. The predicted octanol–water partition coefficient (Wildman–Crippen LogP) is 1.93. The molecule has 1 saturated heterocycles. The summed E-state index contributed by atoms with van der Waals surface area (Å²) >= 11 is 0. The summed E-state index contributed by atoms with van der Waals surface area (Å²) < 4.78 is 5.38. The first kappa shape index (κ1) is 7.89. The molecule has 0 aromatic carbocycles. The summed E-state index contributed by atoms with van der Waals surface area (Å²) in [6, 6.07) is 0. The van der Waals surface area contributed by atoms with Gasteiger partial charge in [-0.2, -0.15) is 4.74 Å². The van der Waals surface area contributed by atoms with E-state index in [0.29, 0.717) is 0 Å². The standard InChI is InChI=1S/C8H14NO/c1-2-3-4-8-7-9-5-6-10-8/h1-7H2. The van der Waals surface area contributed by atoms with Crippen LogP contribution in [0.1, 0.15) is 19.3 Å². The van der Waals surface area contributed by atoms with Crippen LogP contribution in [0.3, 0.4) is 0 Å². The summed E-state index contributed by atoms with van der Waals surface area (Å²) in [6.07, 6.45) is 4.32. The first-order valence-corrected chi connectivity index (χ1v) is 3.83. The smallest absolute Gasteiger partial charge is 0.220 e. The predicted molar refractivity (Wildman–Crippen MR) is 41.5 cm³/mol. The van der Waals surface area contributed by atoms with Crippen molar-refractivity contribution in [3.8, 4) is 0 Å². The van der Waals surface area contributed by atoms with Crippen LogP contribution in [0.5, 0.6) is 0 Å². The molecule has 0 aromatic rings. The van der Waals surface area contributed by atoms with E-state index in [0.717, 1.165) is 45.1 Å². The Labute approximate surface area is 63.0 Å². The van der Waals surface area contributed by atoms with Gasteiger partial charge in [0.15, 0.2) is 0 Å².